The quantitative estimate of drug-likeness (QED) is 0.684. The predicted molar refractivity (Wildman–Crippen MR) is 99.2 cm³/mol. The van der Waals surface area contributed by atoms with Crippen LogP contribution in [-0.4, -0.2) is 30.6 Å². The van der Waals surface area contributed by atoms with E-state index in [1.165, 1.54) is 22.4 Å². The lowest BCUT2D eigenvalue weighted by Gasteiger charge is -2.21. The highest BCUT2D eigenvalue weighted by atomic mass is 32.2. The van der Waals surface area contributed by atoms with E-state index in [-0.39, 0.29) is 0 Å². The number of fused-ring (bicyclic) bond motifs is 1. The molecule has 2 aromatic rings. The fraction of sp³-hybridized carbons (Fsp3) is 0.316. The highest BCUT2D eigenvalue weighted by Crippen LogP contribution is 2.38. The number of likely N-dealkylation sites (tertiary alicyclic amines) is 1. The van der Waals surface area contributed by atoms with Gasteiger partial charge in [-0.15, -0.1) is 0 Å². The summed E-state index contributed by atoms with van der Waals surface area (Å²) < 4.78 is 5.88. The largest absolute Gasteiger partial charge is 0.309 e. The van der Waals surface area contributed by atoms with Gasteiger partial charge in [0.2, 0.25) is 0 Å². The Morgan fingerprint density at radius 3 is 2.75 bits per heavy atom. The van der Waals surface area contributed by atoms with E-state index in [1.807, 2.05) is 4.90 Å². The van der Waals surface area contributed by atoms with Crippen LogP contribution in [0.3, 0.4) is 0 Å². The van der Waals surface area contributed by atoms with Gasteiger partial charge in [0.25, 0.3) is 0 Å². The summed E-state index contributed by atoms with van der Waals surface area (Å²) in [5, 5.41) is 8.96. The average molecular weight is 336 g/mol. The Labute approximate surface area is 147 Å². The smallest absolute Gasteiger partial charge is 0.179 e. The molecule has 5 heteroatoms. The van der Waals surface area contributed by atoms with E-state index in [1.54, 1.807) is 12.1 Å². The van der Waals surface area contributed by atoms with Gasteiger partial charge < -0.3 is 9.21 Å². The summed E-state index contributed by atoms with van der Waals surface area (Å²) in [5.74, 6) is 0. The SMILES string of the molecule is N#CN1CCC(NSN2CCc3c(-c4ccccc4)cccc32)C1. The van der Waals surface area contributed by atoms with Crippen molar-refractivity contribution >= 4 is 17.8 Å². The molecule has 2 aromatic carbocycles. The number of hydrogen-bond donors (Lipinski definition) is 1. The van der Waals surface area contributed by atoms with Crippen molar-refractivity contribution in [2.24, 2.45) is 0 Å². The average Bonchev–Trinajstić information content (AvgIpc) is 3.27. The molecule has 0 aliphatic carbocycles. The van der Waals surface area contributed by atoms with Crippen LogP contribution in [0.2, 0.25) is 0 Å². The Balaban J connectivity index is 1.48. The zero-order valence-electron chi connectivity index (χ0n) is 13.5. The highest BCUT2D eigenvalue weighted by Gasteiger charge is 2.26. The van der Waals surface area contributed by atoms with Crippen molar-refractivity contribution in [1.82, 2.24) is 9.62 Å². The number of nitriles is 1. The van der Waals surface area contributed by atoms with E-state index >= 15 is 0 Å². The van der Waals surface area contributed by atoms with Gasteiger partial charge in [0, 0.05) is 37.8 Å². The van der Waals surface area contributed by atoms with Gasteiger partial charge in [0.15, 0.2) is 6.19 Å². The fourth-order valence-corrected chi connectivity index (χ4v) is 4.39. The monoisotopic (exact) mass is 336 g/mol. The van der Waals surface area contributed by atoms with Crippen LogP contribution in [0.5, 0.6) is 0 Å². The maximum Gasteiger partial charge on any atom is 0.179 e. The second-order valence-electron chi connectivity index (χ2n) is 6.26. The maximum absolute atomic E-state index is 8.96. The Morgan fingerprint density at radius 2 is 1.96 bits per heavy atom. The first kappa shape index (κ1) is 15.4. The van der Waals surface area contributed by atoms with Crippen LogP contribution in [0, 0.1) is 11.5 Å². The summed E-state index contributed by atoms with van der Waals surface area (Å²) >= 11 is 1.69. The molecule has 0 amide bonds. The van der Waals surface area contributed by atoms with Crippen molar-refractivity contribution in [3.8, 4) is 17.3 Å². The van der Waals surface area contributed by atoms with Crippen molar-refractivity contribution in [2.45, 2.75) is 18.9 Å². The Kier molecular flexibility index (Phi) is 4.33. The van der Waals surface area contributed by atoms with Gasteiger partial charge >= 0.3 is 0 Å². The van der Waals surface area contributed by atoms with E-state index in [4.69, 9.17) is 5.26 Å². The molecule has 2 aliphatic rings. The minimum atomic E-state index is 0.385. The van der Waals surface area contributed by atoms with Gasteiger partial charge in [-0.2, -0.15) is 5.26 Å². The third-order valence-electron chi connectivity index (χ3n) is 4.73. The van der Waals surface area contributed by atoms with Crippen LogP contribution in [0.25, 0.3) is 11.1 Å². The number of anilines is 1. The number of hydrogen-bond acceptors (Lipinski definition) is 5. The molecule has 0 bridgehead atoms. The minimum Gasteiger partial charge on any atom is -0.309 e. The number of benzene rings is 2. The fourth-order valence-electron chi connectivity index (χ4n) is 3.47. The second kappa shape index (κ2) is 6.76. The molecular weight excluding hydrogens is 316 g/mol. The van der Waals surface area contributed by atoms with Crippen molar-refractivity contribution in [1.29, 1.82) is 5.26 Å². The first-order valence-corrected chi connectivity index (χ1v) is 9.14. The molecule has 0 saturated carbocycles. The molecule has 1 fully saturated rings. The molecule has 2 aliphatic heterocycles. The minimum absolute atomic E-state index is 0.385. The van der Waals surface area contributed by atoms with Gasteiger partial charge in [-0.05, 0) is 35.6 Å². The van der Waals surface area contributed by atoms with Gasteiger partial charge in [0.05, 0.1) is 5.69 Å². The summed E-state index contributed by atoms with van der Waals surface area (Å²) in [7, 11) is 0. The van der Waals surface area contributed by atoms with Gasteiger partial charge in [-0.1, -0.05) is 42.5 Å². The lowest BCUT2D eigenvalue weighted by molar-refractivity contribution is 0.475. The van der Waals surface area contributed by atoms with E-state index in [2.05, 4.69) is 63.8 Å². The predicted octanol–water partition coefficient (Wildman–Crippen LogP) is 3.42. The molecule has 1 unspecified atom stereocenters. The Hall–Kier alpha value is -2.16. The molecule has 4 rings (SSSR count). The van der Waals surface area contributed by atoms with Crippen LogP contribution in [0.4, 0.5) is 5.69 Å². The van der Waals surface area contributed by atoms with Crippen LogP contribution >= 0.6 is 12.1 Å². The second-order valence-corrected chi connectivity index (χ2v) is 7.12. The molecule has 122 valence electrons. The molecule has 24 heavy (non-hydrogen) atoms. The van der Waals surface area contributed by atoms with Crippen molar-refractivity contribution in [3.63, 3.8) is 0 Å². The van der Waals surface area contributed by atoms with Crippen LogP contribution in [0.1, 0.15) is 12.0 Å². The number of rotatable bonds is 4. The first-order valence-electron chi connectivity index (χ1n) is 8.37. The van der Waals surface area contributed by atoms with Crippen molar-refractivity contribution in [2.75, 3.05) is 23.9 Å². The topological polar surface area (TPSA) is 42.3 Å². The summed E-state index contributed by atoms with van der Waals surface area (Å²) in [6, 6.07) is 17.6. The standard InChI is InChI=1S/C19H20N4S/c20-14-22-11-9-16(13-22)21-24-23-12-10-18-17(7-4-8-19(18)23)15-5-2-1-3-6-15/h1-8,16,21H,9-13H2. The highest BCUT2D eigenvalue weighted by molar-refractivity contribution is 7.98. The van der Waals surface area contributed by atoms with Crippen LogP contribution < -0.4 is 9.03 Å². The normalized spacial score (nSPS) is 19.4. The van der Waals surface area contributed by atoms with Crippen LogP contribution in [0.15, 0.2) is 48.5 Å². The summed E-state index contributed by atoms with van der Waals surface area (Å²) in [6.45, 7) is 2.70. The molecule has 4 nitrogen and oxygen atoms in total. The lowest BCUT2D eigenvalue weighted by atomic mass is 9.98. The third kappa shape index (κ3) is 2.95. The molecule has 1 N–H and O–H groups in total. The molecule has 0 spiro atoms. The summed E-state index contributed by atoms with van der Waals surface area (Å²) in [4.78, 5) is 1.82. The van der Waals surface area contributed by atoms with E-state index < -0.39 is 0 Å². The lowest BCUT2D eigenvalue weighted by Crippen LogP contribution is -2.30. The van der Waals surface area contributed by atoms with E-state index in [0.717, 1.165) is 32.5 Å². The summed E-state index contributed by atoms with van der Waals surface area (Å²) in [6.07, 6.45) is 4.34. The zero-order chi connectivity index (χ0) is 16.4. The van der Waals surface area contributed by atoms with E-state index in [9.17, 15) is 0 Å². The number of nitrogens with zero attached hydrogens (tertiary/aromatic N) is 3. The van der Waals surface area contributed by atoms with Crippen molar-refractivity contribution < 1.29 is 0 Å². The van der Waals surface area contributed by atoms with Gasteiger partial charge in [-0.25, -0.2) is 4.72 Å². The molecule has 1 saturated heterocycles. The maximum atomic E-state index is 8.96. The first-order chi connectivity index (χ1) is 11.8. The Bertz CT molecular complexity index is 756. The third-order valence-corrected chi connectivity index (χ3v) is 5.77. The van der Waals surface area contributed by atoms with E-state index in [0.29, 0.717) is 6.04 Å². The van der Waals surface area contributed by atoms with Crippen molar-refractivity contribution in [3.05, 3.63) is 54.1 Å². The Morgan fingerprint density at radius 1 is 1.08 bits per heavy atom. The van der Waals surface area contributed by atoms with Gasteiger partial charge in [0.1, 0.15) is 0 Å². The zero-order valence-corrected chi connectivity index (χ0v) is 14.3. The number of nitrogens with one attached hydrogen (secondary N) is 1. The molecule has 1 atom stereocenters. The van der Waals surface area contributed by atoms with Gasteiger partial charge in [-0.3, -0.25) is 0 Å². The molecule has 2 heterocycles. The molecule has 0 radical (unpaired) electrons. The molecule has 0 aromatic heterocycles. The van der Waals surface area contributed by atoms with Crippen LogP contribution in [-0.2, 0) is 6.42 Å². The summed E-state index contributed by atoms with van der Waals surface area (Å²) in [5.41, 5.74) is 5.37. The molecular formula is C19H20N4S.